The highest BCUT2D eigenvalue weighted by Gasteiger charge is 2.33. The highest BCUT2D eigenvalue weighted by atomic mass is 19.4. The number of benzene rings is 3. The lowest BCUT2D eigenvalue weighted by atomic mass is 9.79. The van der Waals surface area contributed by atoms with Crippen molar-refractivity contribution in [3.63, 3.8) is 0 Å². The lowest BCUT2D eigenvalue weighted by Crippen LogP contribution is -2.19. The van der Waals surface area contributed by atoms with Crippen molar-refractivity contribution in [2.45, 2.75) is 77.0 Å². The summed E-state index contributed by atoms with van der Waals surface area (Å²) in [5.41, 5.74) is 2.99. The van der Waals surface area contributed by atoms with Crippen LogP contribution in [0, 0.1) is 11.6 Å². The summed E-state index contributed by atoms with van der Waals surface area (Å²) in [6, 6.07) is 11.8. The van der Waals surface area contributed by atoms with E-state index in [4.69, 9.17) is 0 Å². The molecular weight excluding hydrogens is 447 g/mol. The molecule has 0 bridgehead atoms. The third-order valence-corrected chi connectivity index (χ3v) is 6.77. The van der Waals surface area contributed by atoms with Crippen LogP contribution >= 0.6 is 0 Å². The first-order valence-electron chi connectivity index (χ1n) is 12.0. The number of fused-ring (bicyclic) bond motifs is 2. The highest BCUT2D eigenvalue weighted by molar-refractivity contribution is 5.84. The van der Waals surface area contributed by atoms with Gasteiger partial charge >= 0.3 is 6.36 Å². The van der Waals surface area contributed by atoms with Gasteiger partial charge in [0, 0.05) is 5.39 Å². The van der Waals surface area contributed by atoms with Crippen LogP contribution in [-0.2, 0) is 19.3 Å². The van der Waals surface area contributed by atoms with Crippen molar-refractivity contribution in [1.82, 2.24) is 0 Å². The van der Waals surface area contributed by atoms with E-state index in [0.29, 0.717) is 41.3 Å². The van der Waals surface area contributed by atoms with Gasteiger partial charge in [-0.15, -0.1) is 13.2 Å². The molecule has 1 aliphatic carbocycles. The van der Waals surface area contributed by atoms with Crippen molar-refractivity contribution in [3.05, 3.63) is 76.4 Å². The number of ether oxygens (including phenoxy) is 1. The van der Waals surface area contributed by atoms with Crippen molar-refractivity contribution in [1.29, 1.82) is 0 Å². The summed E-state index contributed by atoms with van der Waals surface area (Å²) in [5, 5.41) is 1.43. The predicted octanol–water partition coefficient (Wildman–Crippen LogP) is 8.80. The van der Waals surface area contributed by atoms with Gasteiger partial charge < -0.3 is 4.74 Å². The minimum Gasteiger partial charge on any atom is -0.403 e. The Labute approximate surface area is 196 Å². The van der Waals surface area contributed by atoms with Gasteiger partial charge in [-0.05, 0) is 77.8 Å². The standard InChI is InChI=1S/C28H29F5O/c1-2-3-4-5-6-7-18-8-12-23-20(14-18)11-13-24(27(23)30)21-10-9-19-17-26(34-28(31,32)33)25(29)16-22(19)15-21/h8,11-14,16-17,21H,2-7,9-10,15H2,1H3. The van der Waals surface area contributed by atoms with E-state index in [1.54, 1.807) is 6.07 Å². The summed E-state index contributed by atoms with van der Waals surface area (Å²) < 4.78 is 71.0. The fraction of sp³-hybridized carbons (Fsp3) is 0.429. The van der Waals surface area contributed by atoms with Gasteiger partial charge in [0.15, 0.2) is 11.6 Å². The van der Waals surface area contributed by atoms with Crippen molar-refractivity contribution in [2.24, 2.45) is 0 Å². The van der Waals surface area contributed by atoms with E-state index in [1.807, 2.05) is 18.2 Å². The second-order valence-electron chi connectivity index (χ2n) is 9.23. The van der Waals surface area contributed by atoms with Gasteiger partial charge in [-0.1, -0.05) is 62.9 Å². The van der Waals surface area contributed by atoms with E-state index < -0.39 is 17.9 Å². The fourth-order valence-corrected chi connectivity index (χ4v) is 4.99. The van der Waals surface area contributed by atoms with Gasteiger partial charge in [0.25, 0.3) is 0 Å². The molecule has 1 aliphatic rings. The Morgan fingerprint density at radius 2 is 1.71 bits per heavy atom. The topological polar surface area (TPSA) is 9.23 Å². The molecule has 0 saturated heterocycles. The zero-order valence-corrected chi connectivity index (χ0v) is 19.3. The number of rotatable bonds is 8. The summed E-state index contributed by atoms with van der Waals surface area (Å²) in [6.07, 6.45) is 3.45. The Morgan fingerprint density at radius 1 is 0.912 bits per heavy atom. The average molecular weight is 477 g/mol. The molecule has 1 unspecified atom stereocenters. The second-order valence-corrected chi connectivity index (χ2v) is 9.23. The zero-order valence-electron chi connectivity index (χ0n) is 19.3. The molecule has 0 heterocycles. The Balaban J connectivity index is 1.50. The number of hydrogen-bond donors (Lipinski definition) is 0. The van der Waals surface area contributed by atoms with Gasteiger partial charge in [0.05, 0.1) is 0 Å². The summed E-state index contributed by atoms with van der Waals surface area (Å²) in [5.74, 6) is -2.30. The molecule has 6 heteroatoms. The molecule has 0 radical (unpaired) electrons. The number of unbranched alkanes of at least 4 members (excludes halogenated alkanes) is 4. The molecule has 0 spiro atoms. The summed E-state index contributed by atoms with van der Waals surface area (Å²) in [7, 11) is 0. The Hall–Kier alpha value is -2.63. The molecule has 0 aromatic heterocycles. The first-order valence-corrected chi connectivity index (χ1v) is 12.0. The maximum atomic E-state index is 15.5. The first kappa shape index (κ1) is 24.5. The molecule has 34 heavy (non-hydrogen) atoms. The minimum atomic E-state index is -4.95. The molecule has 1 atom stereocenters. The van der Waals surface area contributed by atoms with E-state index in [1.165, 1.54) is 31.2 Å². The molecule has 0 saturated carbocycles. The van der Waals surface area contributed by atoms with Gasteiger partial charge in [-0.25, -0.2) is 8.78 Å². The monoisotopic (exact) mass is 476 g/mol. The van der Waals surface area contributed by atoms with Crippen LogP contribution in [0.15, 0.2) is 42.5 Å². The van der Waals surface area contributed by atoms with Crippen LogP contribution in [0.1, 0.15) is 73.6 Å². The second kappa shape index (κ2) is 10.3. The van der Waals surface area contributed by atoms with Gasteiger partial charge in [-0.2, -0.15) is 0 Å². The molecule has 1 nitrogen and oxygen atoms in total. The maximum Gasteiger partial charge on any atom is 0.573 e. The summed E-state index contributed by atoms with van der Waals surface area (Å²) in [4.78, 5) is 0. The average Bonchev–Trinajstić information content (AvgIpc) is 2.78. The third-order valence-electron chi connectivity index (χ3n) is 6.77. The van der Waals surface area contributed by atoms with E-state index in [0.717, 1.165) is 30.4 Å². The van der Waals surface area contributed by atoms with Gasteiger partial charge in [-0.3, -0.25) is 0 Å². The smallest absolute Gasteiger partial charge is 0.403 e. The Morgan fingerprint density at radius 3 is 2.47 bits per heavy atom. The molecule has 4 rings (SSSR count). The molecule has 0 aliphatic heterocycles. The van der Waals surface area contributed by atoms with Crippen LogP contribution in [-0.4, -0.2) is 6.36 Å². The zero-order chi connectivity index (χ0) is 24.3. The molecule has 3 aromatic rings. The molecule has 0 N–H and O–H groups in total. The normalized spacial score (nSPS) is 16.0. The van der Waals surface area contributed by atoms with Gasteiger partial charge in [0.2, 0.25) is 0 Å². The number of hydrogen-bond acceptors (Lipinski definition) is 1. The molecule has 182 valence electrons. The highest BCUT2D eigenvalue weighted by Crippen LogP contribution is 2.39. The molecule has 0 amide bonds. The Kier molecular flexibility index (Phi) is 7.44. The Bertz CT molecular complexity index is 1150. The predicted molar refractivity (Wildman–Crippen MR) is 124 cm³/mol. The molecule has 3 aromatic carbocycles. The summed E-state index contributed by atoms with van der Waals surface area (Å²) in [6.45, 7) is 2.19. The van der Waals surface area contributed by atoms with Crippen LogP contribution in [0.5, 0.6) is 5.75 Å². The molecule has 0 fully saturated rings. The minimum absolute atomic E-state index is 0.163. The number of halogens is 5. The largest absolute Gasteiger partial charge is 0.573 e. The molecular formula is C28H29F5O. The number of aryl methyl sites for hydroxylation is 2. The van der Waals surface area contributed by atoms with Crippen molar-refractivity contribution in [2.75, 3.05) is 0 Å². The van der Waals surface area contributed by atoms with Crippen LogP contribution < -0.4 is 4.74 Å². The van der Waals surface area contributed by atoms with Crippen LogP contribution in [0.3, 0.4) is 0 Å². The van der Waals surface area contributed by atoms with Gasteiger partial charge in [0.1, 0.15) is 5.82 Å². The van der Waals surface area contributed by atoms with E-state index in [2.05, 4.69) is 17.7 Å². The maximum absolute atomic E-state index is 15.5. The van der Waals surface area contributed by atoms with E-state index in [9.17, 15) is 17.6 Å². The first-order chi connectivity index (χ1) is 16.2. The van der Waals surface area contributed by atoms with Crippen LogP contribution in [0.25, 0.3) is 10.8 Å². The fourth-order valence-electron chi connectivity index (χ4n) is 4.99. The lowest BCUT2D eigenvalue weighted by molar-refractivity contribution is -0.275. The van der Waals surface area contributed by atoms with E-state index >= 15 is 4.39 Å². The summed E-state index contributed by atoms with van der Waals surface area (Å²) >= 11 is 0. The lowest BCUT2D eigenvalue weighted by Gasteiger charge is -2.26. The third kappa shape index (κ3) is 5.70. The van der Waals surface area contributed by atoms with Crippen molar-refractivity contribution in [3.8, 4) is 5.75 Å². The SMILES string of the molecule is CCCCCCCc1ccc2c(F)c(C3CCc4cc(OC(F)(F)F)c(F)cc4C3)ccc2c1. The van der Waals surface area contributed by atoms with E-state index in [-0.39, 0.29) is 11.7 Å². The van der Waals surface area contributed by atoms with Crippen LogP contribution in [0.4, 0.5) is 22.0 Å². The quantitative estimate of drug-likeness (QED) is 0.233. The van der Waals surface area contributed by atoms with Crippen LogP contribution in [0.2, 0.25) is 0 Å². The van der Waals surface area contributed by atoms with Crippen molar-refractivity contribution >= 4 is 10.8 Å². The number of alkyl halides is 3. The van der Waals surface area contributed by atoms with Crippen molar-refractivity contribution < 1.29 is 26.7 Å².